The topological polar surface area (TPSA) is 75.3 Å². The van der Waals surface area contributed by atoms with E-state index in [1.54, 1.807) is 6.07 Å². The molecule has 0 aromatic carbocycles. The summed E-state index contributed by atoms with van der Waals surface area (Å²) >= 11 is 0. The van der Waals surface area contributed by atoms with Crippen molar-refractivity contribution in [1.29, 1.82) is 0 Å². The molecule has 1 aromatic rings. The van der Waals surface area contributed by atoms with E-state index in [0.29, 0.717) is 18.7 Å². The summed E-state index contributed by atoms with van der Waals surface area (Å²) in [5, 5.41) is 6.63. The number of hydrogen-bond donors (Lipinski definition) is 1. The van der Waals surface area contributed by atoms with Crippen molar-refractivity contribution in [2.24, 2.45) is 0 Å². The highest BCUT2D eigenvalue weighted by atomic mass is 16.5. The van der Waals surface area contributed by atoms with Gasteiger partial charge in [-0.3, -0.25) is 9.89 Å². The van der Waals surface area contributed by atoms with Crippen LogP contribution in [0.1, 0.15) is 29.0 Å². The molecule has 1 unspecified atom stereocenters. The minimum Gasteiger partial charge on any atom is -0.467 e. The monoisotopic (exact) mass is 237 g/mol. The predicted molar refractivity (Wildman–Crippen MR) is 59.4 cm³/mol. The number of esters is 1. The molecule has 0 saturated carbocycles. The first kappa shape index (κ1) is 11.6. The molecular formula is C11H15N3O3. The summed E-state index contributed by atoms with van der Waals surface area (Å²) in [6, 6.07) is 1.21. The van der Waals surface area contributed by atoms with Gasteiger partial charge < -0.3 is 9.64 Å². The summed E-state index contributed by atoms with van der Waals surface area (Å²) in [7, 11) is 1.34. The third-order valence-corrected chi connectivity index (χ3v) is 2.91. The number of ether oxygens (including phenoxy) is 1. The highest BCUT2D eigenvalue weighted by Gasteiger charge is 2.35. The molecule has 0 bridgehead atoms. The zero-order chi connectivity index (χ0) is 12.4. The second-order valence-electron chi connectivity index (χ2n) is 4.12. The number of aromatic amines is 1. The minimum absolute atomic E-state index is 0.220. The first-order valence-corrected chi connectivity index (χ1v) is 5.54. The molecule has 2 heterocycles. The molecule has 17 heavy (non-hydrogen) atoms. The number of hydrogen-bond acceptors (Lipinski definition) is 4. The van der Waals surface area contributed by atoms with E-state index < -0.39 is 6.04 Å². The van der Waals surface area contributed by atoms with Crippen molar-refractivity contribution in [3.63, 3.8) is 0 Å². The Bertz CT molecular complexity index is 441. The molecule has 1 N–H and O–H groups in total. The van der Waals surface area contributed by atoms with Gasteiger partial charge in [-0.15, -0.1) is 0 Å². The predicted octanol–water partition coefficient (Wildman–Crippen LogP) is 0.496. The van der Waals surface area contributed by atoms with Gasteiger partial charge in [0.05, 0.1) is 7.11 Å². The van der Waals surface area contributed by atoms with Crippen molar-refractivity contribution in [1.82, 2.24) is 15.1 Å². The molecule has 1 saturated heterocycles. The Balaban J connectivity index is 2.16. The van der Waals surface area contributed by atoms with E-state index in [1.807, 2.05) is 6.92 Å². The smallest absolute Gasteiger partial charge is 0.328 e. The van der Waals surface area contributed by atoms with E-state index in [0.717, 1.165) is 12.1 Å². The number of rotatable bonds is 2. The van der Waals surface area contributed by atoms with Crippen LogP contribution in [-0.2, 0) is 9.53 Å². The molecule has 0 radical (unpaired) electrons. The van der Waals surface area contributed by atoms with Gasteiger partial charge in [0, 0.05) is 12.2 Å². The zero-order valence-corrected chi connectivity index (χ0v) is 9.90. The van der Waals surface area contributed by atoms with E-state index in [9.17, 15) is 9.59 Å². The Hall–Kier alpha value is -1.85. The largest absolute Gasteiger partial charge is 0.467 e. The van der Waals surface area contributed by atoms with Crippen molar-refractivity contribution < 1.29 is 14.3 Å². The van der Waals surface area contributed by atoms with Crippen LogP contribution >= 0.6 is 0 Å². The molecule has 6 heteroatoms. The van der Waals surface area contributed by atoms with Gasteiger partial charge >= 0.3 is 5.97 Å². The van der Waals surface area contributed by atoms with Crippen LogP contribution in [0, 0.1) is 6.92 Å². The summed E-state index contributed by atoms with van der Waals surface area (Å²) in [5.74, 6) is -0.578. The fraction of sp³-hybridized carbons (Fsp3) is 0.545. The van der Waals surface area contributed by atoms with Crippen LogP contribution in [0.15, 0.2) is 6.07 Å². The average molecular weight is 237 g/mol. The first-order valence-electron chi connectivity index (χ1n) is 5.54. The summed E-state index contributed by atoms with van der Waals surface area (Å²) in [4.78, 5) is 25.2. The van der Waals surface area contributed by atoms with Gasteiger partial charge in [0.2, 0.25) is 0 Å². The van der Waals surface area contributed by atoms with Crippen LogP contribution in [0.5, 0.6) is 0 Å². The van der Waals surface area contributed by atoms with Crippen LogP contribution < -0.4 is 0 Å². The van der Waals surface area contributed by atoms with Gasteiger partial charge in [0.1, 0.15) is 11.7 Å². The highest BCUT2D eigenvalue weighted by Crippen LogP contribution is 2.20. The van der Waals surface area contributed by atoms with Crippen molar-refractivity contribution in [2.45, 2.75) is 25.8 Å². The number of methoxy groups -OCH3 is 1. The maximum absolute atomic E-state index is 12.1. The van der Waals surface area contributed by atoms with Crippen molar-refractivity contribution >= 4 is 11.9 Å². The van der Waals surface area contributed by atoms with Gasteiger partial charge in [-0.1, -0.05) is 0 Å². The van der Waals surface area contributed by atoms with Gasteiger partial charge in [0.15, 0.2) is 0 Å². The number of nitrogens with one attached hydrogen (secondary N) is 1. The van der Waals surface area contributed by atoms with Gasteiger partial charge in [-0.2, -0.15) is 5.10 Å². The SMILES string of the molecule is COC(=O)C1CCCN1C(=O)c1cc(C)[nH]n1. The lowest BCUT2D eigenvalue weighted by molar-refractivity contribution is -0.145. The molecule has 2 rings (SSSR count). The fourth-order valence-electron chi connectivity index (χ4n) is 2.07. The van der Waals surface area contributed by atoms with Crippen molar-refractivity contribution in [3.05, 3.63) is 17.5 Å². The third-order valence-electron chi connectivity index (χ3n) is 2.91. The van der Waals surface area contributed by atoms with Crippen molar-refractivity contribution in [2.75, 3.05) is 13.7 Å². The molecular weight excluding hydrogens is 222 g/mol. The Kier molecular flexibility index (Phi) is 3.12. The quantitative estimate of drug-likeness (QED) is 0.760. The Morgan fingerprint density at radius 2 is 2.35 bits per heavy atom. The lowest BCUT2D eigenvalue weighted by Gasteiger charge is -2.21. The first-order chi connectivity index (χ1) is 8.13. The summed E-state index contributed by atoms with van der Waals surface area (Å²) in [6.45, 7) is 2.40. The number of amides is 1. The van der Waals surface area contributed by atoms with E-state index in [1.165, 1.54) is 12.0 Å². The third kappa shape index (κ3) is 2.15. The molecule has 1 fully saturated rings. The molecule has 1 atom stereocenters. The molecule has 1 aliphatic rings. The normalized spacial score (nSPS) is 19.4. The summed E-state index contributed by atoms with van der Waals surface area (Å²) in [6.07, 6.45) is 1.47. The van der Waals surface area contributed by atoms with Crippen molar-refractivity contribution in [3.8, 4) is 0 Å². The zero-order valence-electron chi connectivity index (χ0n) is 9.90. The Morgan fingerprint density at radius 3 is 2.94 bits per heavy atom. The lowest BCUT2D eigenvalue weighted by atomic mass is 10.2. The molecule has 1 aliphatic heterocycles. The number of nitrogens with zero attached hydrogens (tertiary/aromatic N) is 2. The minimum atomic E-state index is -0.468. The molecule has 1 amide bonds. The average Bonchev–Trinajstić information content (AvgIpc) is 2.95. The van der Waals surface area contributed by atoms with Crippen LogP contribution in [0.25, 0.3) is 0 Å². The number of likely N-dealkylation sites (tertiary alicyclic amines) is 1. The number of aryl methyl sites for hydroxylation is 1. The van der Waals surface area contributed by atoms with Crippen LogP contribution in [0.3, 0.4) is 0 Å². The maximum atomic E-state index is 12.1. The van der Waals surface area contributed by atoms with Crippen LogP contribution in [0.4, 0.5) is 0 Å². The summed E-state index contributed by atoms with van der Waals surface area (Å²) < 4.78 is 4.69. The maximum Gasteiger partial charge on any atom is 0.328 e. The number of aromatic nitrogens is 2. The van der Waals surface area contributed by atoms with E-state index in [-0.39, 0.29) is 11.9 Å². The Labute approximate surface area is 98.9 Å². The van der Waals surface area contributed by atoms with E-state index in [2.05, 4.69) is 10.2 Å². The Morgan fingerprint density at radius 1 is 1.59 bits per heavy atom. The lowest BCUT2D eigenvalue weighted by Crippen LogP contribution is -2.41. The van der Waals surface area contributed by atoms with Gasteiger partial charge in [0.25, 0.3) is 5.91 Å². The molecule has 0 spiro atoms. The van der Waals surface area contributed by atoms with Crippen LogP contribution in [-0.4, -0.2) is 46.7 Å². The second-order valence-corrected chi connectivity index (χ2v) is 4.12. The van der Waals surface area contributed by atoms with E-state index >= 15 is 0 Å². The van der Waals surface area contributed by atoms with Gasteiger partial charge in [-0.25, -0.2) is 4.79 Å². The van der Waals surface area contributed by atoms with Crippen LogP contribution in [0.2, 0.25) is 0 Å². The molecule has 1 aromatic heterocycles. The fourth-order valence-corrected chi connectivity index (χ4v) is 2.07. The molecule has 6 nitrogen and oxygen atoms in total. The van der Waals surface area contributed by atoms with E-state index in [4.69, 9.17) is 4.74 Å². The number of carbonyl (C=O) groups excluding carboxylic acids is 2. The molecule has 0 aliphatic carbocycles. The van der Waals surface area contributed by atoms with Gasteiger partial charge in [-0.05, 0) is 25.8 Å². The highest BCUT2D eigenvalue weighted by molar-refractivity contribution is 5.95. The second kappa shape index (κ2) is 4.57. The number of H-pyrrole nitrogens is 1. The number of carbonyl (C=O) groups is 2. The summed E-state index contributed by atoms with van der Waals surface area (Å²) in [5.41, 5.74) is 1.17. The standard InChI is InChI=1S/C11H15N3O3/c1-7-6-8(13-12-7)10(15)14-5-3-4-9(14)11(16)17-2/h6,9H,3-5H2,1-2H3,(H,12,13). The molecule has 92 valence electrons.